The number of amides is 3. The Morgan fingerprint density at radius 2 is 1.67 bits per heavy atom. The maximum atomic E-state index is 13.0. The van der Waals surface area contributed by atoms with Crippen molar-refractivity contribution >= 4 is 29.6 Å². The zero-order valence-corrected chi connectivity index (χ0v) is 19.7. The fourth-order valence-electron chi connectivity index (χ4n) is 2.94. The van der Waals surface area contributed by atoms with Crippen molar-refractivity contribution in [2.75, 3.05) is 19.0 Å². The number of carbonyl (C=O) groups is 3. The molecule has 0 fully saturated rings. The molecule has 0 atom stereocenters. The van der Waals surface area contributed by atoms with Gasteiger partial charge in [0, 0.05) is 12.2 Å². The molecule has 3 rings (SSSR count). The van der Waals surface area contributed by atoms with Crippen LogP contribution in [-0.2, 0) is 20.9 Å². The third-order valence-electron chi connectivity index (χ3n) is 4.83. The average Bonchev–Trinajstić information content (AvgIpc) is 2.88. The maximum Gasteiger partial charge on any atom is 0.329 e. The Balaban J connectivity index is 1.48. The highest BCUT2D eigenvalue weighted by Crippen LogP contribution is 2.27. The van der Waals surface area contributed by atoms with Crippen LogP contribution in [0.5, 0.6) is 11.5 Å². The van der Waals surface area contributed by atoms with E-state index in [1.165, 1.54) is 37.6 Å². The summed E-state index contributed by atoms with van der Waals surface area (Å²) in [7, 11) is 1.43. The van der Waals surface area contributed by atoms with E-state index in [9.17, 15) is 18.8 Å². The molecule has 10 heteroatoms. The molecule has 0 spiro atoms. The number of hydrogen-bond donors (Lipinski definition) is 3. The molecule has 0 aliphatic heterocycles. The Kier molecular flexibility index (Phi) is 9.10. The molecule has 0 saturated heterocycles. The number of hydrazone groups is 1. The molecule has 0 aromatic heterocycles. The lowest BCUT2D eigenvalue weighted by molar-refractivity contribution is -0.139. The number of halogens is 1. The van der Waals surface area contributed by atoms with Crippen molar-refractivity contribution in [1.82, 2.24) is 10.7 Å². The van der Waals surface area contributed by atoms with Gasteiger partial charge in [0.1, 0.15) is 5.82 Å². The number of anilines is 1. The molecule has 0 aliphatic carbocycles. The first kappa shape index (κ1) is 25.9. The van der Waals surface area contributed by atoms with E-state index >= 15 is 0 Å². The molecule has 3 N–H and O–H groups in total. The molecule has 0 radical (unpaired) electrons. The lowest BCUT2D eigenvalue weighted by Gasteiger charge is -2.11. The number of aryl methyl sites for hydroxylation is 1. The summed E-state index contributed by atoms with van der Waals surface area (Å²) in [4.78, 5) is 36.0. The van der Waals surface area contributed by atoms with Gasteiger partial charge in [-0.1, -0.05) is 29.8 Å². The number of rotatable bonds is 9. The maximum absolute atomic E-state index is 13.0. The fraction of sp³-hybridized carbons (Fsp3) is 0.154. The van der Waals surface area contributed by atoms with Crippen molar-refractivity contribution < 1.29 is 28.2 Å². The third kappa shape index (κ3) is 7.94. The number of hydrogen-bond acceptors (Lipinski definition) is 6. The van der Waals surface area contributed by atoms with Gasteiger partial charge >= 0.3 is 11.8 Å². The molecular weight excluding hydrogens is 467 g/mol. The second-order valence-electron chi connectivity index (χ2n) is 7.62. The largest absolute Gasteiger partial charge is 0.493 e. The number of ether oxygens (including phenoxy) is 2. The van der Waals surface area contributed by atoms with Crippen LogP contribution in [-0.4, -0.2) is 37.7 Å². The molecular formula is C26H25FN4O5. The predicted molar refractivity (Wildman–Crippen MR) is 132 cm³/mol. The molecule has 3 aromatic carbocycles. The lowest BCUT2D eigenvalue weighted by atomic mass is 10.1. The molecule has 0 unspecified atom stereocenters. The van der Waals surface area contributed by atoms with E-state index in [0.717, 1.165) is 11.1 Å². The van der Waals surface area contributed by atoms with Crippen LogP contribution in [0.15, 0.2) is 71.8 Å². The molecule has 3 amide bonds. The summed E-state index contributed by atoms with van der Waals surface area (Å²) in [5, 5.41) is 8.90. The SMILES string of the molecule is COc1cc(/C=N\NC(=O)C(=O)NCc2ccc(C)cc2)ccc1OCC(=O)Nc1ccc(F)cc1. The minimum absolute atomic E-state index is 0.219. The zero-order chi connectivity index (χ0) is 25.9. The summed E-state index contributed by atoms with van der Waals surface area (Å²) in [5.74, 6) is -1.92. The highest BCUT2D eigenvalue weighted by atomic mass is 19.1. The first-order chi connectivity index (χ1) is 17.3. The van der Waals surface area contributed by atoms with Crippen LogP contribution in [0.3, 0.4) is 0 Å². The monoisotopic (exact) mass is 492 g/mol. The zero-order valence-electron chi connectivity index (χ0n) is 19.7. The van der Waals surface area contributed by atoms with Crippen LogP contribution >= 0.6 is 0 Å². The Labute approximate surface area is 207 Å². The smallest absolute Gasteiger partial charge is 0.329 e. The van der Waals surface area contributed by atoms with Crippen LogP contribution in [0.4, 0.5) is 10.1 Å². The van der Waals surface area contributed by atoms with Crippen molar-refractivity contribution in [1.29, 1.82) is 0 Å². The normalized spacial score (nSPS) is 10.5. The van der Waals surface area contributed by atoms with Crippen LogP contribution < -0.4 is 25.5 Å². The lowest BCUT2D eigenvalue weighted by Crippen LogP contribution is -2.37. The van der Waals surface area contributed by atoms with Crippen LogP contribution in [0.25, 0.3) is 0 Å². The van der Waals surface area contributed by atoms with Gasteiger partial charge in [0.2, 0.25) is 0 Å². The van der Waals surface area contributed by atoms with E-state index in [-0.39, 0.29) is 13.2 Å². The van der Waals surface area contributed by atoms with E-state index in [0.29, 0.717) is 22.7 Å². The third-order valence-corrected chi connectivity index (χ3v) is 4.83. The van der Waals surface area contributed by atoms with Gasteiger partial charge in [-0.05, 0) is 60.5 Å². The topological polar surface area (TPSA) is 118 Å². The number of methoxy groups -OCH3 is 1. The highest BCUT2D eigenvalue weighted by Gasteiger charge is 2.12. The van der Waals surface area contributed by atoms with Gasteiger partial charge < -0.3 is 20.1 Å². The van der Waals surface area contributed by atoms with Gasteiger partial charge in [0.25, 0.3) is 5.91 Å². The van der Waals surface area contributed by atoms with E-state index in [1.54, 1.807) is 18.2 Å². The van der Waals surface area contributed by atoms with E-state index in [1.807, 2.05) is 31.2 Å². The van der Waals surface area contributed by atoms with E-state index in [4.69, 9.17) is 9.47 Å². The first-order valence-corrected chi connectivity index (χ1v) is 10.9. The van der Waals surface area contributed by atoms with Gasteiger partial charge in [-0.15, -0.1) is 0 Å². The van der Waals surface area contributed by atoms with Gasteiger partial charge in [0.05, 0.1) is 13.3 Å². The Hall–Kier alpha value is -4.73. The summed E-state index contributed by atoms with van der Waals surface area (Å²) in [6.07, 6.45) is 1.33. The quantitative estimate of drug-likeness (QED) is 0.241. The Morgan fingerprint density at radius 3 is 2.36 bits per heavy atom. The molecule has 9 nitrogen and oxygen atoms in total. The Morgan fingerprint density at radius 1 is 0.944 bits per heavy atom. The standard InChI is InChI=1S/C26H25FN4O5/c1-17-3-5-18(6-4-17)14-28-25(33)26(34)31-29-15-19-7-12-22(23(13-19)35-2)36-16-24(32)30-21-10-8-20(27)9-11-21/h3-13,15H,14,16H2,1-2H3,(H,28,33)(H,30,32)(H,31,34)/b29-15-. The molecule has 0 aliphatic rings. The van der Waals surface area contributed by atoms with Crippen LogP contribution in [0.2, 0.25) is 0 Å². The molecule has 0 saturated carbocycles. The minimum Gasteiger partial charge on any atom is -0.493 e. The fourth-order valence-corrected chi connectivity index (χ4v) is 2.94. The molecule has 36 heavy (non-hydrogen) atoms. The molecule has 3 aromatic rings. The second kappa shape index (κ2) is 12.7. The minimum atomic E-state index is -0.905. The van der Waals surface area contributed by atoms with Crippen LogP contribution in [0.1, 0.15) is 16.7 Å². The summed E-state index contributed by atoms with van der Waals surface area (Å²) < 4.78 is 23.8. The summed E-state index contributed by atoms with van der Waals surface area (Å²) in [5.41, 5.74) is 5.12. The van der Waals surface area contributed by atoms with E-state index in [2.05, 4.69) is 21.2 Å². The number of nitrogens with zero attached hydrogens (tertiary/aromatic N) is 1. The summed E-state index contributed by atoms with van der Waals surface area (Å²) in [6, 6.07) is 17.7. The average molecular weight is 493 g/mol. The van der Waals surface area contributed by atoms with Gasteiger partial charge in [-0.25, -0.2) is 9.82 Å². The van der Waals surface area contributed by atoms with Crippen molar-refractivity contribution in [3.05, 3.63) is 89.2 Å². The first-order valence-electron chi connectivity index (χ1n) is 10.9. The number of nitrogens with one attached hydrogen (secondary N) is 3. The molecule has 0 heterocycles. The van der Waals surface area contributed by atoms with Gasteiger partial charge in [-0.2, -0.15) is 5.10 Å². The van der Waals surface area contributed by atoms with Gasteiger partial charge in [0.15, 0.2) is 18.1 Å². The van der Waals surface area contributed by atoms with Gasteiger partial charge in [-0.3, -0.25) is 14.4 Å². The number of benzene rings is 3. The highest BCUT2D eigenvalue weighted by molar-refractivity contribution is 6.35. The number of carbonyl (C=O) groups excluding carboxylic acids is 3. The van der Waals surface area contributed by atoms with E-state index < -0.39 is 23.5 Å². The van der Waals surface area contributed by atoms with Crippen LogP contribution in [0, 0.1) is 12.7 Å². The molecule has 186 valence electrons. The van der Waals surface area contributed by atoms with Crippen molar-refractivity contribution in [3.63, 3.8) is 0 Å². The van der Waals surface area contributed by atoms with Crippen molar-refractivity contribution in [3.8, 4) is 11.5 Å². The van der Waals surface area contributed by atoms with Crippen molar-refractivity contribution in [2.45, 2.75) is 13.5 Å². The summed E-state index contributed by atoms with van der Waals surface area (Å²) in [6.45, 7) is 1.88. The van der Waals surface area contributed by atoms with Crippen molar-refractivity contribution in [2.24, 2.45) is 5.10 Å². The predicted octanol–water partition coefficient (Wildman–Crippen LogP) is 2.93. The summed E-state index contributed by atoms with van der Waals surface area (Å²) >= 11 is 0. The molecule has 0 bridgehead atoms. The Bertz CT molecular complexity index is 1240. The second-order valence-corrected chi connectivity index (χ2v) is 7.62.